The van der Waals surface area contributed by atoms with Crippen LogP contribution in [-0.2, 0) is 14.3 Å². The average Bonchev–Trinajstić information content (AvgIpc) is 2.64. The monoisotopic (exact) mass is 461 g/mol. The topological polar surface area (TPSA) is 87.7 Å². The number of carbonyl (C=O) groups is 3. The van der Waals surface area contributed by atoms with Gasteiger partial charge in [-0.15, -0.1) is 0 Å². The summed E-state index contributed by atoms with van der Waals surface area (Å²) in [4.78, 5) is 40.8. The number of amides is 3. The van der Waals surface area contributed by atoms with E-state index in [4.69, 9.17) is 4.74 Å². The Labute approximate surface area is 199 Å². The molecular formula is C26H43N3O4. The van der Waals surface area contributed by atoms with Crippen LogP contribution in [0.2, 0.25) is 0 Å². The predicted molar refractivity (Wildman–Crippen MR) is 132 cm³/mol. The SMILES string of the molecule is CCCC(C)NC(=O)C(c1cc(C)ccc1C)N(C(=O)CNC(=O)OC(C)(C)C)C(C)(C)C. The quantitative estimate of drug-likeness (QED) is 0.582. The van der Waals surface area contributed by atoms with E-state index in [1.54, 1.807) is 25.7 Å². The first-order valence-electron chi connectivity index (χ1n) is 11.7. The molecule has 7 heteroatoms. The van der Waals surface area contributed by atoms with E-state index in [-0.39, 0.29) is 24.4 Å². The first-order valence-corrected chi connectivity index (χ1v) is 11.7. The zero-order valence-corrected chi connectivity index (χ0v) is 22.1. The van der Waals surface area contributed by atoms with Crippen molar-refractivity contribution in [1.82, 2.24) is 15.5 Å². The van der Waals surface area contributed by atoms with E-state index in [1.165, 1.54) is 0 Å². The Balaban J connectivity index is 3.38. The van der Waals surface area contributed by atoms with Gasteiger partial charge < -0.3 is 20.3 Å². The van der Waals surface area contributed by atoms with Crippen LogP contribution in [0.3, 0.4) is 0 Å². The van der Waals surface area contributed by atoms with Crippen LogP contribution in [0.15, 0.2) is 18.2 Å². The van der Waals surface area contributed by atoms with Crippen molar-refractivity contribution in [1.29, 1.82) is 0 Å². The molecule has 0 saturated carbocycles. The fourth-order valence-corrected chi connectivity index (χ4v) is 3.73. The second-order valence-electron chi connectivity index (χ2n) is 10.8. The fourth-order valence-electron chi connectivity index (χ4n) is 3.73. The smallest absolute Gasteiger partial charge is 0.408 e. The molecule has 0 aliphatic heterocycles. The summed E-state index contributed by atoms with van der Waals surface area (Å²) >= 11 is 0. The first kappa shape index (κ1) is 28.5. The van der Waals surface area contributed by atoms with Gasteiger partial charge >= 0.3 is 6.09 Å². The average molecular weight is 462 g/mol. The first-order chi connectivity index (χ1) is 15.1. The van der Waals surface area contributed by atoms with Crippen LogP contribution in [-0.4, -0.2) is 46.5 Å². The van der Waals surface area contributed by atoms with Crippen molar-refractivity contribution >= 4 is 17.9 Å². The van der Waals surface area contributed by atoms with E-state index in [9.17, 15) is 14.4 Å². The van der Waals surface area contributed by atoms with E-state index in [0.717, 1.165) is 29.5 Å². The molecule has 0 heterocycles. The zero-order valence-electron chi connectivity index (χ0n) is 22.1. The van der Waals surface area contributed by atoms with Crippen molar-refractivity contribution in [2.45, 2.75) is 105 Å². The fraction of sp³-hybridized carbons (Fsp3) is 0.654. The number of hydrogen-bond acceptors (Lipinski definition) is 4. The maximum absolute atomic E-state index is 13.6. The Morgan fingerprint density at radius 1 is 1.06 bits per heavy atom. The van der Waals surface area contributed by atoms with Crippen LogP contribution in [0.25, 0.3) is 0 Å². The molecule has 1 rings (SSSR count). The summed E-state index contributed by atoms with van der Waals surface area (Å²) < 4.78 is 5.26. The third kappa shape index (κ3) is 9.06. The lowest BCUT2D eigenvalue weighted by molar-refractivity contribution is -0.146. The van der Waals surface area contributed by atoms with Crippen LogP contribution in [0.5, 0.6) is 0 Å². The van der Waals surface area contributed by atoms with Gasteiger partial charge in [-0.2, -0.15) is 0 Å². The molecule has 0 spiro atoms. The third-order valence-electron chi connectivity index (χ3n) is 5.12. The Morgan fingerprint density at radius 2 is 1.67 bits per heavy atom. The molecule has 1 aromatic carbocycles. The predicted octanol–water partition coefficient (Wildman–Crippen LogP) is 4.80. The van der Waals surface area contributed by atoms with Gasteiger partial charge in [0.25, 0.3) is 0 Å². The van der Waals surface area contributed by atoms with Crippen LogP contribution < -0.4 is 10.6 Å². The Morgan fingerprint density at radius 3 is 2.18 bits per heavy atom. The van der Waals surface area contributed by atoms with Crippen molar-refractivity contribution in [3.05, 3.63) is 34.9 Å². The number of ether oxygens (including phenoxy) is 1. The highest BCUT2D eigenvalue weighted by Gasteiger charge is 2.39. The third-order valence-corrected chi connectivity index (χ3v) is 5.12. The molecule has 33 heavy (non-hydrogen) atoms. The highest BCUT2D eigenvalue weighted by atomic mass is 16.6. The second kappa shape index (κ2) is 11.5. The van der Waals surface area contributed by atoms with E-state index in [1.807, 2.05) is 59.7 Å². The summed E-state index contributed by atoms with van der Waals surface area (Å²) in [6.45, 7) is 18.6. The van der Waals surface area contributed by atoms with E-state index < -0.39 is 23.3 Å². The van der Waals surface area contributed by atoms with Gasteiger partial charge in [-0.3, -0.25) is 9.59 Å². The molecule has 186 valence electrons. The summed E-state index contributed by atoms with van der Waals surface area (Å²) in [5.74, 6) is -0.595. The molecule has 2 atom stereocenters. The van der Waals surface area contributed by atoms with Crippen molar-refractivity contribution in [2.24, 2.45) is 0 Å². The van der Waals surface area contributed by atoms with Crippen molar-refractivity contribution in [2.75, 3.05) is 6.54 Å². The van der Waals surface area contributed by atoms with Crippen LogP contribution in [0.1, 0.15) is 91.0 Å². The van der Waals surface area contributed by atoms with Crippen molar-refractivity contribution in [3.8, 4) is 0 Å². The van der Waals surface area contributed by atoms with Crippen molar-refractivity contribution in [3.63, 3.8) is 0 Å². The molecule has 0 fully saturated rings. The summed E-state index contributed by atoms with van der Waals surface area (Å²) in [6, 6.07) is 5.05. The molecule has 0 aliphatic rings. The lowest BCUT2D eigenvalue weighted by atomic mass is 9.92. The molecule has 2 N–H and O–H groups in total. The van der Waals surface area contributed by atoms with E-state index >= 15 is 0 Å². The molecule has 0 aliphatic carbocycles. The summed E-state index contributed by atoms with van der Waals surface area (Å²) in [5.41, 5.74) is 1.35. The van der Waals surface area contributed by atoms with Gasteiger partial charge in [0.2, 0.25) is 11.8 Å². The van der Waals surface area contributed by atoms with Gasteiger partial charge in [0.05, 0.1) is 0 Å². The highest BCUT2D eigenvalue weighted by Crippen LogP contribution is 2.31. The maximum Gasteiger partial charge on any atom is 0.408 e. The van der Waals surface area contributed by atoms with Crippen molar-refractivity contribution < 1.29 is 19.1 Å². The Kier molecular flexibility index (Phi) is 9.94. The number of nitrogens with zero attached hydrogens (tertiary/aromatic N) is 1. The lowest BCUT2D eigenvalue weighted by Gasteiger charge is -2.42. The zero-order chi connectivity index (χ0) is 25.6. The van der Waals surface area contributed by atoms with Gasteiger partial charge in [0.15, 0.2) is 0 Å². The number of alkyl carbamates (subject to hydrolysis) is 1. The Hall–Kier alpha value is -2.57. The van der Waals surface area contributed by atoms with Crippen LogP contribution >= 0.6 is 0 Å². The van der Waals surface area contributed by atoms with Gasteiger partial charge in [0, 0.05) is 11.6 Å². The normalized spacial score (nSPS) is 13.6. The standard InChI is InChI=1S/C26H43N3O4/c1-11-12-19(4)28-23(31)22(20-15-17(2)13-14-18(20)3)29(25(5,6)7)21(30)16-27-24(32)33-26(8,9)10/h13-15,19,22H,11-12,16H2,1-10H3,(H,27,32)(H,28,31). The minimum atomic E-state index is -0.836. The number of benzene rings is 1. The van der Waals surface area contributed by atoms with Gasteiger partial charge in [0.1, 0.15) is 18.2 Å². The maximum atomic E-state index is 13.6. The minimum Gasteiger partial charge on any atom is -0.444 e. The number of nitrogens with one attached hydrogen (secondary N) is 2. The molecule has 0 radical (unpaired) electrons. The van der Waals surface area contributed by atoms with Gasteiger partial charge in [-0.25, -0.2) is 4.79 Å². The molecule has 2 unspecified atom stereocenters. The van der Waals surface area contributed by atoms with E-state index in [0.29, 0.717) is 0 Å². The molecule has 0 saturated heterocycles. The molecule has 3 amide bonds. The Bertz CT molecular complexity index is 837. The second-order valence-corrected chi connectivity index (χ2v) is 10.8. The summed E-state index contributed by atoms with van der Waals surface area (Å²) in [7, 11) is 0. The molecule has 1 aromatic rings. The number of carbonyl (C=O) groups excluding carboxylic acids is 3. The van der Waals surface area contributed by atoms with Crippen LogP contribution in [0, 0.1) is 13.8 Å². The molecule has 0 aromatic heterocycles. The number of hydrogen-bond donors (Lipinski definition) is 2. The number of rotatable bonds is 8. The summed E-state index contributed by atoms with van der Waals surface area (Å²) in [5, 5.41) is 5.62. The molecule has 0 bridgehead atoms. The van der Waals surface area contributed by atoms with Gasteiger partial charge in [-0.05, 0) is 79.9 Å². The summed E-state index contributed by atoms with van der Waals surface area (Å²) in [6.07, 6.45) is 1.11. The number of aryl methyl sites for hydroxylation is 2. The minimum absolute atomic E-state index is 0.0214. The largest absolute Gasteiger partial charge is 0.444 e. The molecular weight excluding hydrogens is 418 g/mol. The van der Waals surface area contributed by atoms with Crippen LogP contribution in [0.4, 0.5) is 4.79 Å². The van der Waals surface area contributed by atoms with E-state index in [2.05, 4.69) is 17.6 Å². The lowest BCUT2D eigenvalue weighted by Crippen LogP contribution is -2.56. The van der Waals surface area contributed by atoms with Gasteiger partial charge in [-0.1, -0.05) is 37.1 Å². The highest BCUT2D eigenvalue weighted by molar-refractivity contribution is 5.91. The molecule has 7 nitrogen and oxygen atoms in total.